The molecule has 0 unspecified atom stereocenters. The summed E-state index contributed by atoms with van der Waals surface area (Å²) in [5, 5.41) is 13.5. The fourth-order valence-corrected chi connectivity index (χ4v) is 2.52. The normalized spacial score (nSPS) is 21.6. The lowest BCUT2D eigenvalue weighted by Gasteiger charge is -2.33. The molecule has 1 amide bonds. The molecule has 5 nitrogen and oxygen atoms in total. The number of amides is 1. The van der Waals surface area contributed by atoms with Gasteiger partial charge in [-0.1, -0.05) is 30.1 Å². The summed E-state index contributed by atoms with van der Waals surface area (Å²) >= 11 is 11.5. The van der Waals surface area contributed by atoms with E-state index < -0.39 is 4.92 Å². The van der Waals surface area contributed by atoms with E-state index in [1.165, 1.54) is 6.07 Å². The lowest BCUT2D eigenvalue weighted by atomic mass is 9.82. The predicted octanol–water partition coefficient (Wildman–Crippen LogP) is 3.43. The summed E-state index contributed by atoms with van der Waals surface area (Å²) in [5.41, 5.74) is -0.207. The van der Waals surface area contributed by atoms with Gasteiger partial charge in [-0.2, -0.15) is 0 Å². The van der Waals surface area contributed by atoms with Crippen molar-refractivity contribution >= 4 is 34.8 Å². The molecule has 102 valence electrons. The van der Waals surface area contributed by atoms with Crippen molar-refractivity contribution in [2.75, 3.05) is 0 Å². The third-order valence-corrected chi connectivity index (χ3v) is 3.97. The predicted molar refractivity (Wildman–Crippen MR) is 72.8 cm³/mol. The third kappa shape index (κ3) is 2.98. The number of nitro benzene ring substituents is 1. The average molecular weight is 303 g/mol. The van der Waals surface area contributed by atoms with E-state index in [2.05, 4.69) is 12.2 Å². The van der Waals surface area contributed by atoms with Gasteiger partial charge in [0.15, 0.2) is 0 Å². The largest absolute Gasteiger partial charge is 0.349 e. The molecule has 1 fully saturated rings. The zero-order valence-corrected chi connectivity index (χ0v) is 11.7. The van der Waals surface area contributed by atoms with Crippen LogP contribution in [-0.2, 0) is 0 Å². The first-order valence-corrected chi connectivity index (χ1v) is 6.58. The molecule has 0 bridgehead atoms. The van der Waals surface area contributed by atoms with Crippen molar-refractivity contribution < 1.29 is 9.72 Å². The Hall–Kier alpha value is -1.33. The molecule has 1 saturated carbocycles. The number of benzene rings is 1. The Labute approximate surface area is 120 Å². The second-order valence-electron chi connectivity index (χ2n) is 4.80. The van der Waals surface area contributed by atoms with Gasteiger partial charge in [0.05, 0.1) is 9.95 Å². The van der Waals surface area contributed by atoms with Crippen LogP contribution in [0.3, 0.4) is 0 Å². The van der Waals surface area contributed by atoms with E-state index in [4.69, 9.17) is 23.2 Å². The number of nitrogens with one attached hydrogen (secondary N) is 1. The van der Waals surface area contributed by atoms with Gasteiger partial charge in [0, 0.05) is 17.7 Å². The number of carbonyl (C=O) groups excluding carboxylic acids is 1. The molecule has 1 aliphatic rings. The van der Waals surface area contributed by atoms with Crippen LogP contribution in [0.1, 0.15) is 30.1 Å². The Morgan fingerprint density at radius 1 is 1.42 bits per heavy atom. The minimum atomic E-state index is -0.656. The van der Waals surface area contributed by atoms with Crippen LogP contribution in [0.2, 0.25) is 10.0 Å². The second kappa shape index (κ2) is 5.35. The molecular weight excluding hydrogens is 291 g/mol. The van der Waals surface area contributed by atoms with Crippen LogP contribution < -0.4 is 5.32 Å². The standard InChI is InChI=1S/C12H12Cl2N2O3/c1-6-2-8(3-6)15-12(17)7-4-9(13)11(14)10(5-7)16(18)19/h4-6,8H,2-3H2,1H3,(H,15,17). The van der Waals surface area contributed by atoms with Gasteiger partial charge >= 0.3 is 0 Å². The van der Waals surface area contributed by atoms with Gasteiger partial charge in [-0.25, -0.2) is 0 Å². The molecule has 1 N–H and O–H groups in total. The van der Waals surface area contributed by atoms with Crippen LogP contribution in [0, 0.1) is 16.0 Å². The van der Waals surface area contributed by atoms with E-state index in [0.717, 1.165) is 18.9 Å². The van der Waals surface area contributed by atoms with Crippen molar-refractivity contribution in [1.82, 2.24) is 5.32 Å². The molecule has 0 radical (unpaired) electrons. The van der Waals surface area contributed by atoms with Crippen molar-refractivity contribution in [3.63, 3.8) is 0 Å². The van der Waals surface area contributed by atoms with Crippen molar-refractivity contribution in [3.8, 4) is 0 Å². The zero-order chi connectivity index (χ0) is 14.2. The first-order valence-electron chi connectivity index (χ1n) is 5.82. The van der Waals surface area contributed by atoms with Crippen molar-refractivity contribution in [2.45, 2.75) is 25.8 Å². The molecule has 0 aromatic heterocycles. The molecular formula is C12H12Cl2N2O3. The molecule has 0 atom stereocenters. The van der Waals surface area contributed by atoms with E-state index in [1.807, 2.05) is 0 Å². The summed E-state index contributed by atoms with van der Waals surface area (Å²) in [6.45, 7) is 2.10. The molecule has 0 aliphatic heterocycles. The lowest BCUT2D eigenvalue weighted by molar-refractivity contribution is -0.384. The molecule has 0 spiro atoms. The van der Waals surface area contributed by atoms with E-state index >= 15 is 0 Å². The molecule has 19 heavy (non-hydrogen) atoms. The average Bonchev–Trinajstić information content (AvgIpc) is 2.29. The summed E-state index contributed by atoms with van der Waals surface area (Å²) in [4.78, 5) is 22.1. The number of nitro groups is 1. The highest BCUT2D eigenvalue weighted by atomic mass is 35.5. The molecule has 0 heterocycles. The van der Waals surface area contributed by atoms with Crippen LogP contribution in [0.15, 0.2) is 12.1 Å². The highest BCUT2D eigenvalue weighted by molar-refractivity contribution is 6.43. The van der Waals surface area contributed by atoms with Crippen LogP contribution in [0.25, 0.3) is 0 Å². The molecule has 1 aromatic rings. The first-order chi connectivity index (χ1) is 8.88. The number of carbonyl (C=O) groups is 1. The highest BCUT2D eigenvalue weighted by Gasteiger charge is 2.28. The highest BCUT2D eigenvalue weighted by Crippen LogP contribution is 2.33. The van der Waals surface area contributed by atoms with Crippen LogP contribution in [0.4, 0.5) is 5.69 Å². The van der Waals surface area contributed by atoms with Crippen LogP contribution in [0.5, 0.6) is 0 Å². The summed E-state index contributed by atoms with van der Waals surface area (Å²) in [6.07, 6.45) is 1.85. The number of hydrogen-bond acceptors (Lipinski definition) is 3. The number of halogens is 2. The monoisotopic (exact) mass is 302 g/mol. The van der Waals surface area contributed by atoms with E-state index in [0.29, 0.717) is 5.92 Å². The first kappa shape index (κ1) is 14.1. The van der Waals surface area contributed by atoms with Gasteiger partial charge in [0.25, 0.3) is 11.6 Å². The van der Waals surface area contributed by atoms with Crippen molar-refractivity contribution in [3.05, 3.63) is 37.9 Å². The van der Waals surface area contributed by atoms with Crippen LogP contribution in [-0.4, -0.2) is 16.9 Å². The minimum Gasteiger partial charge on any atom is -0.349 e. The number of nitrogens with zero attached hydrogens (tertiary/aromatic N) is 1. The smallest absolute Gasteiger partial charge is 0.290 e. The Morgan fingerprint density at radius 2 is 2.05 bits per heavy atom. The van der Waals surface area contributed by atoms with Gasteiger partial charge in [-0.15, -0.1) is 0 Å². The van der Waals surface area contributed by atoms with Crippen LogP contribution >= 0.6 is 23.2 Å². The van der Waals surface area contributed by atoms with Gasteiger partial charge < -0.3 is 5.32 Å². The zero-order valence-electron chi connectivity index (χ0n) is 10.2. The van der Waals surface area contributed by atoms with E-state index in [1.54, 1.807) is 0 Å². The van der Waals surface area contributed by atoms with Gasteiger partial charge in [0.2, 0.25) is 0 Å². The Kier molecular flexibility index (Phi) is 3.96. The number of rotatable bonds is 3. The van der Waals surface area contributed by atoms with Gasteiger partial charge in [0.1, 0.15) is 5.02 Å². The van der Waals surface area contributed by atoms with Gasteiger partial charge in [-0.05, 0) is 24.8 Å². The SMILES string of the molecule is CC1CC(NC(=O)c2cc(Cl)c(Cl)c([N+](=O)[O-])c2)C1. The number of hydrogen-bond donors (Lipinski definition) is 1. The quantitative estimate of drug-likeness (QED) is 0.687. The molecule has 7 heteroatoms. The second-order valence-corrected chi connectivity index (χ2v) is 5.58. The fraction of sp³-hybridized carbons (Fsp3) is 0.417. The fourth-order valence-electron chi connectivity index (χ4n) is 2.13. The Balaban J connectivity index is 2.20. The van der Waals surface area contributed by atoms with E-state index in [-0.39, 0.29) is 33.2 Å². The summed E-state index contributed by atoms with van der Waals surface area (Å²) < 4.78 is 0. The Morgan fingerprint density at radius 3 is 2.58 bits per heavy atom. The summed E-state index contributed by atoms with van der Waals surface area (Å²) in [6, 6.07) is 2.62. The molecule has 1 aliphatic carbocycles. The minimum absolute atomic E-state index is 0.00277. The summed E-state index contributed by atoms with van der Waals surface area (Å²) in [7, 11) is 0. The van der Waals surface area contributed by atoms with Crippen molar-refractivity contribution in [2.24, 2.45) is 5.92 Å². The lowest BCUT2D eigenvalue weighted by Crippen LogP contribution is -2.43. The maximum atomic E-state index is 12.0. The maximum Gasteiger partial charge on any atom is 0.290 e. The molecule has 0 saturated heterocycles. The molecule has 1 aromatic carbocycles. The van der Waals surface area contributed by atoms with Gasteiger partial charge in [-0.3, -0.25) is 14.9 Å². The maximum absolute atomic E-state index is 12.0. The van der Waals surface area contributed by atoms with E-state index in [9.17, 15) is 14.9 Å². The molecule has 2 rings (SSSR count). The van der Waals surface area contributed by atoms with Crippen molar-refractivity contribution in [1.29, 1.82) is 0 Å². The Bertz CT molecular complexity index is 542. The third-order valence-electron chi connectivity index (χ3n) is 3.18. The summed E-state index contributed by atoms with van der Waals surface area (Å²) in [5.74, 6) is 0.243. The topological polar surface area (TPSA) is 72.2 Å².